The van der Waals surface area contributed by atoms with E-state index in [1.165, 1.54) is 0 Å². The topological polar surface area (TPSA) is 82.7 Å². The second-order valence-corrected chi connectivity index (χ2v) is 7.57. The maximum absolute atomic E-state index is 11.0. The fraction of sp³-hybridized carbons (Fsp3) is 0.0476. The number of pyridine rings is 1. The minimum Gasteiger partial charge on any atom is -0.478 e. The fourth-order valence-electron chi connectivity index (χ4n) is 2.82. The van der Waals surface area contributed by atoms with Gasteiger partial charge in [0.25, 0.3) is 5.82 Å². The van der Waals surface area contributed by atoms with Crippen molar-refractivity contribution in [3.63, 3.8) is 0 Å². The molecule has 0 fully saturated rings. The third-order valence-electron chi connectivity index (χ3n) is 4.28. The first-order chi connectivity index (χ1) is 14.1. The van der Waals surface area contributed by atoms with Crippen molar-refractivity contribution >= 4 is 29.3 Å². The molecule has 0 radical (unpaired) electrons. The first-order valence-electron chi connectivity index (χ1n) is 8.73. The van der Waals surface area contributed by atoms with Crippen molar-refractivity contribution in [2.45, 2.75) is 10.9 Å². The molecule has 0 saturated carbocycles. The monoisotopic (exact) mass is 423 g/mol. The molecule has 2 heterocycles. The van der Waals surface area contributed by atoms with Crippen LogP contribution in [0.25, 0.3) is 17.1 Å². The van der Waals surface area contributed by atoms with E-state index in [-0.39, 0.29) is 5.56 Å². The number of carboxylic acid groups (broad SMARTS) is 1. The van der Waals surface area contributed by atoms with Crippen LogP contribution in [0.1, 0.15) is 15.9 Å². The Bertz CT molecular complexity index is 1130. The zero-order valence-corrected chi connectivity index (χ0v) is 16.7. The van der Waals surface area contributed by atoms with Crippen molar-refractivity contribution in [3.05, 3.63) is 89.2 Å². The van der Waals surface area contributed by atoms with Gasteiger partial charge in [0.15, 0.2) is 0 Å². The summed E-state index contributed by atoms with van der Waals surface area (Å²) in [7, 11) is 0. The highest BCUT2D eigenvalue weighted by Gasteiger charge is 2.23. The molecule has 0 aliphatic rings. The molecule has 29 heavy (non-hydrogen) atoms. The number of benzene rings is 2. The van der Waals surface area contributed by atoms with Gasteiger partial charge >= 0.3 is 11.1 Å². The Morgan fingerprint density at radius 2 is 1.72 bits per heavy atom. The molecule has 0 atom stereocenters. The van der Waals surface area contributed by atoms with E-state index in [0.29, 0.717) is 10.8 Å². The van der Waals surface area contributed by atoms with Gasteiger partial charge in [-0.2, -0.15) is 4.57 Å². The van der Waals surface area contributed by atoms with Crippen LogP contribution in [-0.2, 0) is 5.75 Å². The first kappa shape index (κ1) is 19.2. The quantitative estimate of drug-likeness (QED) is 0.355. The Morgan fingerprint density at radius 1 is 1.03 bits per heavy atom. The van der Waals surface area contributed by atoms with E-state index in [1.807, 2.05) is 53.1 Å². The number of H-pyrrole nitrogens is 1. The molecule has 6 nitrogen and oxygen atoms in total. The Balaban J connectivity index is 1.67. The van der Waals surface area contributed by atoms with Crippen molar-refractivity contribution < 1.29 is 14.5 Å². The SMILES string of the molecule is O=C(O)c1ccc(CSc2n[nH]c(-c3ccncc3)[n+]2-c2ccc(Cl)cc2)cc1. The van der Waals surface area contributed by atoms with Crippen LogP contribution in [0.15, 0.2) is 78.2 Å². The van der Waals surface area contributed by atoms with Crippen molar-refractivity contribution in [2.75, 3.05) is 0 Å². The van der Waals surface area contributed by atoms with E-state index in [9.17, 15) is 4.79 Å². The summed E-state index contributed by atoms with van der Waals surface area (Å²) in [4.78, 5) is 15.1. The highest BCUT2D eigenvalue weighted by atomic mass is 35.5. The van der Waals surface area contributed by atoms with Crippen LogP contribution in [0.4, 0.5) is 0 Å². The number of hydrogen-bond donors (Lipinski definition) is 2. The lowest BCUT2D eigenvalue weighted by molar-refractivity contribution is -0.625. The lowest BCUT2D eigenvalue weighted by Crippen LogP contribution is -2.33. The number of carboxylic acids is 1. The maximum atomic E-state index is 11.0. The van der Waals surface area contributed by atoms with Crippen LogP contribution in [0, 0.1) is 0 Å². The molecule has 0 bridgehead atoms. The Labute approximate surface area is 176 Å². The third kappa shape index (κ3) is 4.31. The summed E-state index contributed by atoms with van der Waals surface area (Å²) >= 11 is 7.61. The van der Waals surface area contributed by atoms with E-state index in [0.717, 1.165) is 27.8 Å². The van der Waals surface area contributed by atoms with Gasteiger partial charge in [-0.1, -0.05) is 23.7 Å². The number of rotatable bonds is 6. The van der Waals surface area contributed by atoms with Gasteiger partial charge in [0, 0.05) is 23.2 Å². The third-order valence-corrected chi connectivity index (χ3v) is 5.54. The summed E-state index contributed by atoms with van der Waals surface area (Å²) in [5.74, 6) is 0.547. The van der Waals surface area contributed by atoms with Gasteiger partial charge in [0.2, 0.25) is 0 Å². The summed E-state index contributed by atoms with van der Waals surface area (Å²) in [6, 6.07) is 18.2. The Morgan fingerprint density at radius 3 is 2.38 bits per heavy atom. The van der Waals surface area contributed by atoms with Crippen molar-refractivity contribution in [3.8, 4) is 17.1 Å². The minimum absolute atomic E-state index is 0.273. The number of aromatic nitrogens is 4. The van der Waals surface area contributed by atoms with Crippen molar-refractivity contribution in [1.82, 2.24) is 15.2 Å². The largest absolute Gasteiger partial charge is 0.478 e. The smallest absolute Gasteiger partial charge is 0.342 e. The van der Waals surface area contributed by atoms with E-state index >= 15 is 0 Å². The van der Waals surface area contributed by atoms with Crippen molar-refractivity contribution in [1.29, 1.82) is 0 Å². The predicted molar refractivity (Wildman–Crippen MR) is 111 cm³/mol. The van der Waals surface area contributed by atoms with Gasteiger partial charge in [-0.15, -0.1) is 5.10 Å². The molecule has 0 unspecified atom stereocenters. The molecule has 0 amide bonds. The minimum atomic E-state index is -0.931. The van der Waals surface area contributed by atoms with Gasteiger partial charge in [0.1, 0.15) is 5.69 Å². The second kappa shape index (κ2) is 8.46. The second-order valence-electron chi connectivity index (χ2n) is 6.19. The van der Waals surface area contributed by atoms with Crippen LogP contribution >= 0.6 is 23.4 Å². The number of aromatic amines is 1. The fourth-order valence-corrected chi connectivity index (χ4v) is 3.87. The van der Waals surface area contributed by atoms with E-state index in [4.69, 9.17) is 16.7 Å². The molecule has 0 spiro atoms. The maximum Gasteiger partial charge on any atom is 0.342 e. The summed E-state index contributed by atoms with van der Waals surface area (Å²) in [6.07, 6.45) is 3.47. The highest BCUT2D eigenvalue weighted by molar-refractivity contribution is 7.98. The van der Waals surface area contributed by atoms with Crippen molar-refractivity contribution in [2.24, 2.45) is 0 Å². The van der Waals surface area contributed by atoms with Gasteiger partial charge in [-0.3, -0.25) is 4.98 Å². The highest BCUT2D eigenvalue weighted by Crippen LogP contribution is 2.23. The lowest BCUT2D eigenvalue weighted by atomic mass is 10.1. The van der Waals surface area contributed by atoms with Gasteiger partial charge in [0.05, 0.1) is 16.2 Å². The van der Waals surface area contributed by atoms with E-state index in [2.05, 4.69) is 15.2 Å². The number of nitrogens with one attached hydrogen (secondary N) is 1. The van der Waals surface area contributed by atoms with Crippen LogP contribution < -0.4 is 4.57 Å². The van der Waals surface area contributed by atoms with Crippen LogP contribution in [0.2, 0.25) is 5.02 Å². The molecule has 4 aromatic rings. The number of thioether (sulfide) groups is 1. The summed E-state index contributed by atoms with van der Waals surface area (Å²) in [6.45, 7) is 0. The molecule has 2 aromatic heterocycles. The number of nitrogens with zero attached hydrogens (tertiary/aromatic N) is 3. The zero-order chi connectivity index (χ0) is 20.2. The molecular weight excluding hydrogens is 408 g/mol. The average molecular weight is 424 g/mol. The number of hydrogen-bond acceptors (Lipinski definition) is 4. The standard InChI is InChI=1S/C21H15ClN4O2S/c22-17-5-7-18(8-6-17)26-19(15-9-11-23-12-10-15)24-25-21(26)29-13-14-1-3-16(4-2-14)20(27)28/h1-12H,13H2,(H,27,28)/p+1. The molecular formula is C21H16ClN4O2S+. The summed E-state index contributed by atoms with van der Waals surface area (Å²) in [5.41, 5.74) is 3.17. The number of aromatic carboxylic acids is 1. The van der Waals surface area contributed by atoms with Gasteiger partial charge in [-0.25, -0.2) is 4.79 Å². The molecule has 8 heteroatoms. The average Bonchev–Trinajstić information content (AvgIpc) is 3.17. The predicted octanol–water partition coefficient (Wildman–Crippen LogP) is 4.39. The Kier molecular flexibility index (Phi) is 5.59. The molecule has 0 aliphatic carbocycles. The molecule has 0 aliphatic heterocycles. The van der Waals surface area contributed by atoms with Gasteiger partial charge < -0.3 is 5.11 Å². The zero-order valence-electron chi connectivity index (χ0n) is 15.1. The summed E-state index contributed by atoms with van der Waals surface area (Å²) in [5, 5.41) is 18.1. The summed E-state index contributed by atoms with van der Waals surface area (Å²) < 4.78 is 2.03. The molecule has 0 saturated heterocycles. The molecule has 4 rings (SSSR count). The Hall–Kier alpha value is -3.16. The van der Waals surface area contributed by atoms with E-state index in [1.54, 1.807) is 36.3 Å². The number of carbonyl (C=O) groups is 1. The number of halogens is 1. The normalized spacial score (nSPS) is 10.8. The molecule has 144 valence electrons. The van der Waals surface area contributed by atoms with E-state index < -0.39 is 5.97 Å². The first-order valence-corrected chi connectivity index (χ1v) is 10.1. The molecule has 2 N–H and O–H groups in total. The van der Waals surface area contributed by atoms with Crippen LogP contribution in [0.3, 0.4) is 0 Å². The van der Waals surface area contributed by atoms with Crippen LogP contribution in [-0.4, -0.2) is 26.3 Å². The lowest BCUT2D eigenvalue weighted by Gasteiger charge is -2.05. The van der Waals surface area contributed by atoms with Crippen LogP contribution in [0.5, 0.6) is 0 Å². The van der Waals surface area contributed by atoms with Gasteiger partial charge in [-0.05, 0) is 65.9 Å². The molecule has 2 aromatic carbocycles.